The number of thioether (sulfide) groups is 1. The molecule has 1 fully saturated rings. The zero-order chi connectivity index (χ0) is 12.2. The van der Waals surface area contributed by atoms with Gasteiger partial charge >= 0.3 is 0 Å². The fraction of sp³-hybridized carbons (Fsp3) is 0.900. The summed E-state index contributed by atoms with van der Waals surface area (Å²) in [5, 5.41) is 12.3. The van der Waals surface area contributed by atoms with E-state index >= 15 is 0 Å². The molecule has 0 radical (unpaired) electrons. The summed E-state index contributed by atoms with van der Waals surface area (Å²) in [6.07, 6.45) is 3.44. The summed E-state index contributed by atoms with van der Waals surface area (Å²) >= 11 is 1.54. The predicted octanol–water partition coefficient (Wildman–Crippen LogP) is 0.656. The maximum absolute atomic E-state index is 10.9. The molecule has 0 aromatic rings. The first-order chi connectivity index (χ1) is 7.43. The molecule has 0 aromatic carbocycles. The molecule has 4 nitrogen and oxygen atoms in total. The van der Waals surface area contributed by atoms with E-state index in [1.165, 1.54) is 6.26 Å². The van der Waals surface area contributed by atoms with Crippen LogP contribution >= 0.6 is 11.8 Å². The molecule has 1 aliphatic carbocycles. The minimum absolute atomic E-state index is 0.188. The van der Waals surface area contributed by atoms with Crippen LogP contribution < -0.4 is 5.32 Å². The number of nitriles is 1. The van der Waals surface area contributed by atoms with Gasteiger partial charge in [0.2, 0.25) is 0 Å². The van der Waals surface area contributed by atoms with Crippen molar-refractivity contribution in [2.24, 2.45) is 5.92 Å². The molecule has 0 aliphatic heterocycles. The summed E-state index contributed by atoms with van der Waals surface area (Å²) in [6, 6.07) is 2.34. The zero-order valence-corrected chi connectivity index (χ0v) is 11.3. The molecule has 0 heterocycles. The summed E-state index contributed by atoms with van der Waals surface area (Å²) in [7, 11) is -1.08. The van der Waals surface area contributed by atoms with Crippen LogP contribution in [0.5, 0.6) is 0 Å². The van der Waals surface area contributed by atoms with E-state index in [4.69, 9.17) is 0 Å². The Morgan fingerprint density at radius 1 is 1.56 bits per heavy atom. The molecule has 1 N–H and O–H groups in total. The molecule has 0 amide bonds. The van der Waals surface area contributed by atoms with Crippen LogP contribution in [0, 0.1) is 17.2 Å². The van der Waals surface area contributed by atoms with Crippen LogP contribution in [-0.2, 0) is 9.84 Å². The van der Waals surface area contributed by atoms with E-state index < -0.39 is 15.4 Å². The summed E-state index contributed by atoms with van der Waals surface area (Å²) in [5.41, 5.74) is -0.456. The number of nitrogens with zero attached hydrogens (tertiary/aromatic N) is 1. The van der Waals surface area contributed by atoms with Crippen LogP contribution in [0.3, 0.4) is 0 Å². The number of hydrogen-bond donors (Lipinski definition) is 1. The van der Waals surface area contributed by atoms with Crippen molar-refractivity contribution in [3.05, 3.63) is 0 Å². The first-order valence-corrected chi connectivity index (χ1v) is 8.51. The average molecular weight is 262 g/mol. The van der Waals surface area contributed by atoms with Crippen molar-refractivity contribution < 1.29 is 8.42 Å². The third-order valence-corrected chi connectivity index (χ3v) is 5.20. The van der Waals surface area contributed by atoms with Crippen LogP contribution in [-0.4, -0.2) is 44.5 Å². The van der Waals surface area contributed by atoms with Gasteiger partial charge in [-0.15, -0.1) is 0 Å². The molecule has 0 saturated heterocycles. The van der Waals surface area contributed by atoms with Crippen molar-refractivity contribution in [3.8, 4) is 6.07 Å². The van der Waals surface area contributed by atoms with Crippen molar-refractivity contribution in [3.63, 3.8) is 0 Å². The van der Waals surface area contributed by atoms with Crippen LogP contribution in [0.2, 0.25) is 0 Å². The number of nitrogens with one attached hydrogen (secondary N) is 1. The van der Waals surface area contributed by atoms with Gasteiger partial charge in [0, 0.05) is 17.8 Å². The van der Waals surface area contributed by atoms with E-state index in [1.807, 2.05) is 0 Å². The second kappa shape index (κ2) is 5.39. The molecule has 1 saturated carbocycles. The number of sulfone groups is 1. The van der Waals surface area contributed by atoms with Crippen LogP contribution in [0.1, 0.15) is 12.8 Å². The molecule has 92 valence electrons. The van der Waals surface area contributed by atoms with Crippen LogP contribution in [0.25, 0.3) is 0 Å². The largest absolute Gasteiger partial charge is 0.302 e. The lowest BCUT2D eigenvalue weighted by atomic mass is 9.98. The predicted molar refractivity (Wildman–Crippen MR) is 67.2 cm³/mol. The third-order valence-electron chi connectivity index (χ3n) is 2.85. The minimum Gasteiger partial charge on any atom is -0.302 e. The van der Waals surface area contributed by atoms with Crippen molar-refractivity contribution >= 4 is 21.6 Å². The van der Waals surface area contributed by atoms with E-state index in [1.54, 1.807) is 18.8 Å². The van der Waals surface area contributed by atoms with Gasteiger partial charge < -0.3 is 5.32 Å². The normalized spacial score (nSPS) is 20.1. The van der Waals surface area contributed by atoms with Crippen molar-refractivity contribution in [2.45, 2.75) is 18.4 Å². The van der Waals surface area contributed by atoms with E-state index in [0.717, 1.165) is 12.8 Å². The molecule has 1 unspecified atom stereocenters. The maximum atomic E-state index is 10.9. The summed E-state index contributed by atoms with van der Waals surface area (Å²) in [5.74, 6) is 1.86. The second-order valence-corrected chi connectivity index (χ2v) is 7.65. The maximum Gasteiger partial charge on any atom is 0.148 e. The Hall–Kier alpha value is -0.250. The van der Waals surface area contributed by atoms with Gasteiger partial charge in [-0.25, -0.2) is 8.42 Å². The number of rotatable bonds is 7. The lowest BCUT2D eigenvalue weighted by molar-refractivity contribution is 0.441. The minimum atomic E-state index is -2.88. The smallest absolute Gasteiger partial charge is 0.148 e. The molecule has 1 aliphatic rings. The highest BCUT2D eigenvalue weighted by molar-refractivity contribution is 8.00. The summed E-state index contributed by atoms with van der Waals surface area (Å²) in [4.78, 5) is 0. The van der Waals surface area contributed by atoms with Crippen LogP contribution in [0.4, 0.5) is 0 Å². The molecule has 1 atom stereocenters. The Morgan fingerprint density at radius 3 is 2.56 bits per heavy atom. The van der Waals surface area contributed by atoms with Crippen molar-refractivity contribution in [2.75, 3.05) is 30.6 Å². The second-order valence-electron chi connectivity index (χ2n) is 4.29. The molecular formula is C10H18N2O2S2. The monoisotopic (exact) mass is 262 g/mol. The lowest BCUT2D eigenvalue weighted by Crippen LogP contribution is -2.46. The molecule has 0 bridgehead atoms. The summed E-state index contributed by atoms with van der Waals surface area (Å²) in [6.45, 7) is 0. The third kappa shape index (κ3) is 3.96. The van der Waals surface area contributed by atoms with Gasteiger partial charge in [-0.2, -0.15) is 17.0 Å². The Labute approximate surface area is 102 Å². The molecule has 6 heteroatoms. The molecule has 0 spiro atoms. The first-order valence-electron chi connectivity index (χ1n) is 5.29. The summed E-state index contributed by atoms with van der Waals surface area (Å²) < 4.78 is 21.9. The quantitative estimate of drug-likeness (QED) is 0.682. The fourth-order valence-corrected chi connectivity index (χ4v) is 4.19. The molecule has 1 rings (SSSR count). The van der Waals surface area contributed by atoms with E-state index in [0.29, 0.717) is 17.4 Å². The van der Waals surface area contributed by atoms with E-state index in [-0.39, 0.29) is 5.75 Å². The average Bonchev–Trinajstić information content (AvgIpc) is 3.01. The highest BCUT2D eigenvalue weighted by Gasteiger charge is 2.44. The van der Waals surface area contributed by atoms with E-state index in [2.05, 4.69) is 11.4 Å². The van der Waals surface area contributed by atoms with Gasteiger partial charge in [0.05, 0.1) is 11.8 Å². The SMILES string of the molecule is CNC(C#N)(CSCCS(C)(=O)=O)C1CC1. The Kier molecular flexibility index (Phi) is 4.65. The molecule has 0 aromatic heterocycles. The van der Waals surface area contributed by atoms with Gasteiger partial charge in [-0.3, -0.25) is 0 Å². The van der Waals surface area contributed by atoms with Gasteiger partial charge in [0.1, 0.15) is 15.4 Å². The fourth-order valence-electron chi connectivity index (χ4n) is 1.59. The Morgan fingerprint density at radius 2 is 2.19 bits per heavy atom. The van der Waals surface area contributed by atoms with Crippen molar-refractivity contribution in [1.82, 2.24) is 5.32 Å². The standard InChI is InChI=1S/C10H18N2O2S2/c1-12-10(7-11,9-3-4-9)8-15-5-6-16(2,13)14/h9,12H,3-6,8H2,1-2H3. The highest BCUT2D eigenvalue weighted by Crippen LogP contribution is 2.40. The topological polar surface area (TPSA) is 70.0 Å². The van der Waals surface area contributed by atoms with Crippen LogP contribution in [0.15, 0.2) is 0 Å². The Bertz CT molecular complexity index is 371. The molecular weight excluding hydrogens is 244 g/mol. The zero-order valence-electron chi connectivity index (χ0n) is 9.69. The van der Waals surface area contributed by atoms with Crippen molar-refractivity contribution in [1.29, 1.82) is 5.26 Å². The van der Waals surface area contributed by atoms with E-state index in [9.17, 15) is 13.7 Å². The highest BCUT2D eigenvalue weighted by atomic mass is 32.2. The number of hydrogen-bond acceptors (Lipinski definition) is 5. The lowest BCUT2D eigenvalue weighted by Gasteiger charge is -2.25. The van der Waals surface area contributed by atoms with Gasteiger partial charge in [0.25, 0.3) is 0 Å². The van der Waals surface area contributed by atoms with Gasteiger partial charge in [0.15, 0.2) is 0 Å². The Balaban J connectivity index is 2.37. The first kappa shape index (κ1) is 13.8. The van der Waals surface area contributed by atoms with Gasteiger partial charge in [-0.05, 0) is 25.8 Å². The van der Waals surface area contributed by atoms with Gasteiger partial charge in [-0.1, -0.05) is 0 Å². The molecule has 16 heavy (non-hydrogen) atoms.